The lowest BCUT2D eigenvalue weighted by Crippen LogP contribution is -2.43. The summed E-state index contributed by atoms with van der Waals surface area (Å²) in [6, 6.07) is 0. The molecule has 16 heteroatoms. The van der Waals surface area contributed by atoms with Crippen molar-refractivity contribution >= 4 is 23.9 Å². The summed E-state index contributed by atoms with van der Waals surface area (Å²) < 4.78 is 63.1. The molecule has 0 spiro atoms. The number of carbonyl (C=O) groups excluding carboxylic acids is 4. The largest absolute Gasteiger partial charge is 0.435 e. The topological polar surface area (TPSA) is 179 Å². The van der Waals surface area contributed by atoms with Crippen LogP contribution in [0.25, 0.3) is 0 Å². The third-order valence-corrected chi connectivity index (χ3v) is 4.93. The van der Waals surface area contributed by atoms with Crippen molar-refractivity contribution in [1.82, 2.24) is 0 Å². The lowest BCUT2D eigenvalue weighted by molar-refractivity contribution is -0.156. The van der Waals surface area contributed by atoms with E-state index in [2.05, 4.69) is 26.3 Å². The fourth-order valence-corrected chi connectivity index (χ4v) is 2.75. The molecule has 0 rings (SSSR count). The molecule has 0 heterocycles. The van der Waals surface area contributed by atoms with Crippen LogP contribution in [-0.2, 0) is 76.0 Å². The standard InChI is InChI=1S/C29H44O16/c1-5-25(30)42-21-38-13-9-34-17-29(18-35-10-14-39-22-43-26(31)6-2,19-36-11-15-40-23-44-27(32)7-3)20-37-12-16-41-24-45-28(33)8-4/h5-8H,1-4,9-24H2. The van der Waals surface area contributed by atoms with Crippen molar-refractivity contribution < 1.29 is 76.0 Å². The minimum Gasteiger partial charge on any atom is -0.435 e. The summed E-state index contributed by atoms with van der Waals surface area (Å²) in [4.78, 5) is 44.5. The highest BCUT2D eigenvalue weighted by atomic mass is 16.7. The van der Waals surface area contributed by atoms with Gasteiger partial charge in [-0.3, -0.25) is 0 Å². The Morgan fingerprint density at radius 1 is 0.378 bits per heavy atom. The molecule has 0 fully saturated rings. The molecule has 0 aromatic heterocycles. The number of hydrogen-bond donors (Lipinski definition) is 0. The first-order chi connectivity index (χ1) is 21.8. The highest BCUT2D eigenvalue weighted by molar-refractivity contribution is 5.82. The number of rotatable bonds is 32. The van der Waals surface area contributed by atoms with Gasteiger partial charge in [0.25, 0.3) is 0 Å². The Morgan fingerprint density at radius 2 is 0.578 bits per heavy atom. The quantitative estimate of drug-likeness (QED) is 0.0329. The van der Waals surface area contributed by atoms with Gasteiger partial charge in [0.2, 0.25) is 0 Å². The van der Waals surface area contributed by atoms with Crippen molar-refractivity contribution in [2.24, 2.45) is 5.41 Å². The molecule has 16 nitrogen and oxygen atoms in total. The average molecular weight is 649 g/mol. The van der Waals surface area contributed by atoms with E-state index in [1.165, 1.54) is 0 Å². The first-order valence-electron chi connectivity index (χ1n) is 13.6. The summed E-state index contributed by atoms with van der Waals surface area (Å²) in [7, 11) is 0. The Hall–Kier alpha value is -3.48. The van der Waals surface area contributed by atoms with Crippen LogP contribution >= 0.6 is 0 Å². The van der Waals surface area contributed by atoms with Gasteiger partial charge in [0.15, 0.2) is 27.2 Å². The Morgan fingerprint density at radius 3 is 0.778 bits per heavy atom. The highest BCUT2D eigenvalue weighted by Gasteiger charge is 2.32. The van der Waals surface area contributed by atoms with Crippen LogP contribution in [0.15, 0.2) is 50.6 Å². The summed E-state index contributed by atoms with van der Waals surface area (Å²) >= 11 is 0. The maximum atomic E-state index is 11.1. The third kappa shape index (κ3) is 25.5. The van der Waals surface area contributed by atoms with E-state index >= 15 is 0 Å². The maximum absolute atomic E-state index is 11.1. The number of hydrogen-bond acceptors (Lipinski definition) is 16. The second kappa shape index (κ2) is 29.2. The van der Waals surface area contributed by atoms with Crippen molar-refractivity contribution in [2.75, 3.05) is 106 Å². The van der Waals surface area contributed by atoms with Gasteiger partial charge in [0, 0.05) is 24.3 Å². The van der Waals surface area contributed by atoms with E-state index in [9.17, 15) is 19.2 Å². The zero-order valence-electron chi connectivity index (χ0n) is 25.5. The highest BCUT2D eigenvalue weighted by Crippen LogP contribution is 2.21. The van der Waals surface area contributed by atoms with Gasteiger partial charge in [-0.2, -0.15) is 0 Å². The predicted octanol–water partition coefficient (Wildman–Crippen LogP) is 0.852. The van der Waals surface area contributed by atoms with Crippen molar-refractivity contribution in [3.63, 3.8) is 0 Å². The van der Waals surface area contributed by atoms with Crippen LogP contribution in [0.2, 0.25) is 0 Å². The Balaban J connectivity index is 5.06. The molecule has 0 radical (unpaired) electrons. The summed E-state index contributed by atoms with van der Waals surface area (Å²) in [6.07, 6.45) is 4.07. The molecule has 0 N–H and O–H groups in total. The molecule has 0 saturated carbocycles. The van der Waals surface area contributed by atoms with Crippen LogP contribution in [0, 0.1) is 5.41 Å². The van der Waals surface area contributed by atoms with Crippen LogP contribution in [-0.4, -0.2) is 130 Å². The lowest BCUT2D eigenvalue weighted by atomic mass is 9.92. The van der Waals surface area contributed by atoms with E-state index in [-0.39, 0.29) is 106 Å². The summed E-state index contributed by atoms with van der Waals surface area (Å²) in [6.45, 7) is 13.6. The van der Waals surface area contributed by atoms with Gasteiger partial charge in [-0.15, -0.1) is 0 Å². The molecule has 0 amide bonds. The van der Waals surface area contributed by atoms with Crippen molar-refractivity contribution in [1.29, 1.82) is 0 Å². The third-order valence-electron chi connectivity index (χ3n) is 4.93. The van der Waals surface area contributed by atoms with Gasteiger partial charge in [-0.1, -0.05) is 26.3 Å². The maximum Gasteiger partial charge on any atom is 0.332 e. The number of esters is 4. The molecule has 0 aliphatic carbocycles. The van der Waals surface area contributed by atoms with E-state index in [1.54, 1.807) is 0 Å². The van der Waals surface area contributed by atoms with E-state index in [4.69, 9.17) is 56.8 Å². The second-order valence-electron chi connectivity index (χ2n) is 8.48. The van der Waals surface area contributed by atoms with Crippen LogP contribution in [0.5, 0.6) is 0 Å². The van der Waals surface area contributed by atoms with E-state index < -0.39 is 29.3 Å². The Kier molecular flexibility index (Phi) is 27.0. The molecule has 0 aromatic rings. The Labute approximate surface area is 262 Å². The molecule has 0 atom stereocenters. The zero-order valence-corrected chi connectivity index (χ0v) is 25.5. The number of ether oxygens (including phenoxy) is 12. The average Bonchev–Trinajstić information content (AvgIpc) is 3.05. The van der Waals surface area contributed by atoms with E-state index in [1.807, 2.05) is 0 Å². The summed E-state index contributed by atoms with van der Waals surface area (Å²) in [5.74, 6) is -2.46. The zero-order chi connectivity index (χ0) is 33.4. The van der Waals surface area contributed by atoms with Crippen LogP contribution < -0.4 is 0 Å². The van der Waals surface area contributed by atoms with Gasteiger partial charge in [0.1, 0.15) is 0 Å². The minimum atomic E-state index is -0.852. The van der Waals surface area contributed by atoms with Gasteiger partial charge >= 0.3 is 23.9 Å². The van der Waals surface area contributed by atoms with Crippen LogP contribution in [0.3, 0.4) is 0 Å². The SMILES string of the molecule is C=CC(=O)OCOCCOCC(COCCOCOC(=O)C=C)(COCCOCOC(=O)C=C)COCCOCOC(=O)C=C. The van der Waals surface area contributed by atoms with Gasteiger partial charge < -0.3 is 56.8 Å². The van der Waals surface area contributed by atoms with Crippen molar-refractivity contribution in [3.05, 3.63) is 50.6 Å². The molecule has 256 valence electrons. The molecule has 0 saturated heterocycles. The van der Waals surface area contributed by atoms with E-state index in [0.29, 0.717) is 0 Å². The molecule has 45 heavy (non-hydrogen) atoms. The second-order valence-corrected chi connectivity index (χ2v) is 8.48. The van der Waals surface area contributed by atoms with Gasteiger partial charge in [0.05, 0.1) is 84.7 Å². The monoisotopic (exact) mass is 648 g/mol. The predicted molar refractivity (Wildman–Crippen MR) is 154 cm³/mol. The Bertz CT molecular complexity index is 733. The molecule has 0 aromatic carbocycles. The first kappa shape index (κ1) is 41.5. The minimum absolute atomic E-state index is 0.0935. The normalized spacial score (nSPS) is 10.8. The molecule has 0 bridgehead atoms. The van der Waals surface area contributed by atoms with E-state index in [0.717, 1.165) is 24.3 Å². The fourth-order valence-electron chi connectivity index (χ4n) is 2.75. The van der Waals surface area contributed by atoms with Gasteiger partial charge in [-0.25, -0.2) is 19.2 Å². The molecule has 0 unspecified atom stereocenters. The first-order valence-corrected chi connectivity index (χ1v) is 13.6. The smallest absolute Gasteiger partial charge is 0.332 e. The van der Waals surface area contributed by atoms with Crippen LogP contribution in [0.1, 0.15) is 0 Å². The fraction of sp³-hybridized carbons (Fsp3) is 0.586. The molecule has 0 aliphatic heterocycles. The lowest BCUT2D eigenvalue weighted by Gasteiger charge is -2.33. The number of carbonyl (C=O) groups is 4. The summed E-state index contributed by atoms with van der Waals surface area (Å²) in [5, 5.41) is 0. The molecule has 0 aliphatic rings. The molecular formula is C29H44O16. The van der Waals surface area contributed by atoms with Crippen molar-refractivity contribution in [2.45, 2.75) is 0 Å². The molecular weight excluding hydrogens is 604 g/mol. The van der Waals surface area contributed by atoms with Crippen LogP contribution in [0.4, 0.5) is 0 Å². The van der Waals surface area contributed by atoms with Gasteiger partial charge in [-0.05, 0) is 0 Å². The van der Waals surface area contributed by atoms with Crippen molar-refractivity contribution in [3.8, 4) is 0 Å². The summed E-state index contributed by atoms with van der Waals surface area (Å²) in [5.41, 5.74) is -0.852.